The lowest BCUT2D eigenvalue weighted by molar-refractivity contribution is 0.711. The Morgan fingerprint density at radius 2 is 1.94 bits per heavy atom. The highest BCUT2D eigenvalue weighted by Crippen LogP contribution is 2.32. The largest absolute Gasteiger partial charge is 0.383 e. The summed E-state index contributed by atoms with van der Waals surface area (Å²) in [4.78, 5) is 0. The molecular weight excluding hydrogens is 358 g/mol. The second-order valence-electron chi connectivity index (χ2n) is 4.23. The van der Waals surface area contributed by atoms with Crippen molar-refractivity contribution in [2.24, 2.45) is 7.05 Å². The molecule has 1 aromatic carbocycles. The maximum Gasteiger partial charge on any atom is 0.0629 e. The summed E-state index contributed by atoms with van der Waals surface area (Å²) in [5.41, 5.74) is 3.55. The summed E-state index contributed by atoms with van der Waals surface area (Å²) in [5.74, 6) is 0. The molecule has 0 aliphatic rings. The first-order valence-corrected chi connectivity index (χ1v) is 7.33. The van der Waals surface area contributed by atoms with E-state index in [-0.39, 0.29) is 0 Å². The van der Waals surface area contributed by atoms with Crippen LogP contribution in [-0.4, -0.2) is 16.3 Å². The summed E-state index contributed by atoms with van der Waals surface area (Å²) in [5, 5.41) is 7.60. The fourth-order valence-electron chi connectivity index (χ4n) is 1.83. The van der Waals surface area contributed by atoms with Crippen molar-refractivity contribution in [2.75, 3.05) is 11.9 Å². The third-order valence-electron chi connectivity index (χ3n) is 2.79. The van der Waals surface area contributed by atoms with Crippen LogP contribution in [-0.2, 0) is 13.5 Å². The Bertz CT molecular complexity index is 526. The van der Waals surface area contributed by atoms with E-state index in [9.17, 15) is 0 Å². The van der Waals surface area contributed by atoms with Gasteiger partial charge in [-0.2, -0.15) is 5.10 Å². The van der Waals surface area contributed by atoms with Crippen molar-refractivity contribution in [1.82, 2.24) is 9.78 Å². The molecule has 0 spiro atoms. The van der Waals surface area contributed by atoms with Crippen LogP contribution in [0.5, 0.6) is 0 Å². The Morgan fingerprint density at radius 1 is 1.28 bits per heavy atom. The summed E-state index contributed by atoms with van der Waals surface area (Å²) < 4.78 is 4.07. The predicted octanol–water partition coefficient (Wildman–Crippen LogP) is 3.91. The fraction of sp³-hybridized carbons (Fsp3) is 0.308. The standard InChI is InChI=1S/C13H15Br2N3/c1-9-7-11(14)13(12(15)8-9)16-5-3-10-4-6-17-18(10)2/h4,6-8,16H,3,5H2,1-2H3. The Labute approximate surface area is 124 Å². The number of benzene rings is 1. The van der Waals surface area contributed by atoms with Crippen molar-refractivity contribution in [1.29, 1.82) is 0 Å². The van der Waals surface area contributed by atoms with Gasteiger partial charge in [-0.1, -0.05) is 0 Å². The first kappa shape index (κ1) is 13.6. The van der Waals surface area contributed by atoms with Crippen molar-refractivity contribution < 1.29 is 0 Å². The van der Waals surface area contributed by atoms with Crippen LogP contribution in [0.3, 0.4) is 0 Å². The molecule has 0 unspecified atom stereocenters. The lowest BCUT2D eigenvalue weighted by atomic mass is 10.2. The molecule has 0 atom stereocenters. The molecule has 2 rings (SSSR count). The minimum atomic E-state index is 0.875. The van der Waals surface area contributed by atoms with Crippen molar-refractivity contribution in [3.05, 3.63) is 44.6 Å². The number of rotatable bonds is 4. The van der Waals surface area contributed by atoms with Gasteiger partial charge in [-0.05, 0) is 62.5 Å². The number of aromatic nitrogens is 2. The van der Waals surface area contributed by atoms with Gasteiger partial charge in [0.15, 0.2) is 0 Å². The molecule has 1 heterocycles. The third kappa shape index (κ3) is 3.14. The monoisotopic (exact) mass is 371 g/mol. The number of halogens is 2. The number of hydrogen-bond acceptors (Lipinski definition) is 2. The maximum atomic E-state index is 4.16. The molecule has 3 nitrogen and oxygen atoms in total. The zero-order valence-electron chi connectivity index (χ0n) is 10.4. The second kappa shape index (κ2) is 5.89. The highest BCUT2D eigenvalue weighted by Gasteiger charge is 2.06. The van der Waals surface area contributed by atoms with Crippen LogP contribution >= 0.6 is 31.9 Å². The van der Waals surface area contributed by atoms with Crippen LogP contribution < -0.4 is 5.32 Å². The molecule has 96 valence electrons. The van der Waals surface area contributed by atoms with Gasteiger partial charge in [-0.25, -0.2) is 0 Å². The van der Waals surface area contributed by atoms with Crippen molar-refractivity contribution >= 4 is 37.5 Å². The van der Waals surface area contributed by atoms with Gasteiger partial charge in [0.05, 0.1) is 5.69 Å². The number of aryl methyl sites for hydroxylation is 2. The summed E-state index contributed by atoms with van der Waals surface area (Å²) >= 11 is 7.16. The molecule has 0 saturated carbocycles. The van der Waals surface area contributed by atoms with E-state index in [2.05, 4.69) is 61.3 Å². The number of hydrogen-bond donors (Lipinski definition) is 1. The number of nitrogens with zero attached hydrogens (tertiary/aromatic N) is 2. The lowest BCUT2D eigenvalue weighted by Gasteiger charge is -2.11. The van der Waals surface area contributed by atoms with Gasteiger partial charge in [0.2, 0.25) is 0 Å². The van der Waals surface area contributed by atoms with Crippen LogP contribution in [0, 0.1) is 6.92 Å². The summed E-state index contributed by atoms with van der Waals surface area (Å²) in [7, 11) is 1.97. The van der Waals surface area contributed by atoms with Crippen LogP contribution in [0.1, 0.15) is 11.3 Å². The molecule has 2 aromatic rings. The first-order valence-electron chi connectivity index (χ1n) is 5.74. The Hall–Kier alpha value is -0.810. The van der Waals surface area contributed by atoms with E-state index < -0.39 is 0 Å². The molecule has 0 radical (unpaired) electrons. The van der Waals surface area contributed by atoms with Crippen LogP contribution in [0.25, 0.3) is 0 Å². The number of nitrogens with one attached hydrogen (secondary N) is 1. The molecule has 5 heteroatoms. The molecule has 0 saturated heterocycles. The highest BCUT2D eigenvalue weighted by molar-refractivity contribution is 9.11. The van der Waals surface area contributed by atoms with Gasteiger partial charge in [0.25, 0.3) is 0 Å². The minimum Gasteiger partial charge on any atom is -0.383 e. The molecular formula is C13H15Br2N3. The van der Waals surface area contributed by atoms with Gasteiger partial charge in [0, 0.05) is 40.8 Å². The Morgan fingerprint density at radius 3 is 2.50 bits per heavy atom. The van der Waals surface area contributed by atoms with Gasteiger partial charge < -0.3 is 5.32 Å². The van der Waals surface area contributed by atoms with E-state index in [4.69, 9.17) is 0 Å². The average Bonchev–Trinajstić information content (AvgIpc) is 2.68. The van der Waals surface area contributed by atoms with E-state index in [1.807, 2.05) is 24.0 Å². The average molecular weight is 373 g/mol. The van der Waals surface area contributed by atoms with Gasteiger partial charge in [-0.15, -0.1) is 0 Å². The van der Waals surface area contributed by atoms with E-state index in [1.54, 1.807) is 0 Å². The number of anilines is 1. The maximum absolute atomic E-state index is 4.16. The summed E-state index contributed by atoms with van der Waals surface area (Å²) in [6.07, 6.45) is 2.77. The lowest BCUT2D eigenvalue weighted by Crippen LogP contribution is -2.09. The van der Waals surface area contributed by atoms with Gasteiger partial charge in [-0.3, -0.25) is 4.68 Å². The zero-order valence-corrected chi connectivity index (χ0v) is 13.5. The van der Waals surface area contributed by atoms with E-state index in [0.717, 1.165) is 27.6 Å². The molecule has 0 aliphatic carbocycles. The van der Waals surface area contributed by atoms with E-state index in [0.29, 0.717) is 0 Å². The van der Waals surface area contributed by atoms with Gasteiger partial charge >= 0.3 is 0 Å². The molecule has 0 fully saturated rings. The summed E-state index contributed by atoms with van der Waals surface area (Å²) in [6, 6.07) is 6.26. The molecule has 1 N–H and O–H groups in total. The highest BCUT2D eigenvalue weighted by atomic mass is 79.9. The van der Waals surface area contributed by atoms with Crippen molar-refractivity contribution in [3.8, 4) is 0 Å². The van der Waals surface area contributed by atoms with Crippen molar-refractivity contribution in [2.45, 2.75) is 13.3 Å². The molecule has 0 bridgehead atoms. The first-order chi connectivity index (χ1) is 8.58. The Balaban J connectivity index is 2.01. The molecule has 18 heavy (non-hydrogen) atoms. The van der Waals surface area contributed by atoms with Crippen LogP contribution in [0.4, 0.5) is 5.69 Å². The zero-order chi connectivity index (χ0) is 13.1. The second-order valence-corrected chi connectivity index (χ2v) is 5.94. The smallest absolute Gasteiger partial charge is 0.0629 e. The SMILES string of the molecule is Cc1cc(Br)c(NCCc2ccnn2C)c(Br)c1. The molecule has 0 aliphatic heterocycles. The minimum absolute atomic E-state index is 0.875. The van der Waals surface area contributed by atoms with E-state index in [1.165, 1.54) is 11.3 Å². The fourth-order valence-corrected chi connectivity index (χ4v) is 3.53. The quantitative estimate of drug-likeness (QED) is 0.881. The predicted molar refractivity (Wildman–Crippen MR) is 82.0 cm³/mol. The third-order valence-corrected chi connectivity index (χ3v) is 4.04. The van der Waals surface area contributed by atoms with Crippen LogP contribution in [0.2, 0.25) is 0 Å². The van der Waals surface area contributed by atoms with Crippen molar-refractivity contribution in [3.63, 3.8) is 0 Å². The Kier molecular flexibility index (Phi) is 4.45. The topological polar surface area (TPSA) is 29.9 Å². The molecule has 1 aromatic heterocycles. The van der Waals surface area contributed by atoms with Gasteiger partial charge in [0.1, 0.15) is 0 Å². The van der Waals surface area contributed by atoms with E-state index >= 15 is 0 Å². The normalized spacial score (nSPS) is 10.7. The van der Waals surface area contributed by atoms with Crippen LogP contribution in [0.15, 0.2) is 33.3 Å². The summed E-state index contributed by atoms with van der Waals surface area (Å²) in [6.45, 7) is 2.95. The molecule has 0 amide bonds.